The van der Waals surface area contributed by atoms with Crippen LogP contribution < -0.4 is 21.7 Å². The third kappa shape index (κ3) is 9.57. The number of amides is 3. The van der Waals surface area contributed by atoms with E-state index in [0.717, 1.165) is 5.56 Å². The molecular weight excluding hydrogens is 444 g/mol. The number of nitrogens with two attached hydrogens (primary N) is 1. The molecule has 1 aromatic carbocycles. The van der Waals surface area contributed by atoms with Crippen LogP contribution in [0.1, 0.15) is 45.6 Å². The summed E-state index contributed by atoms with van der Waals surface area (Å²) in [6.45, 7) is 4.96. The van der Waals surface area contributed by atoms with Gasteiger partial charge in [-0.25, -0.2) is 4.79 Å². The van der Waals surface area contributed by atoms with Gasteiger partial charge in [-0.15, -0.1) is 0 Å². The number of carboxylic acids is 2. The molecule has 11 nitrogen and oxygen atoms in total. The van der Waals surface area contributed by atoms with Crippen molar-refractivity contribution < 1.29 is 34.2 Å². The molecule has 0 aromatic heterocycles. The first kappa shape index (κ1) is 28.6. The average Bonchev–Trinajstić information content (AvgIpc) is 2.80. The van der Waals surface area contributed by atoms with Gasteiger partial charge in [-0.05, 0) is 24.8 Å². The first-order chi connectivity index (χ1) is 16.0. The van der Waals surface area contributed by atoms with E-state index in [0.29, 0.717) is 6.42 Å². The zero-order chi connectivity index (χ0) is 25.8. The van der Waals surface area contributed by atoms with E-state index < -0.39 is 53.8 Å². The van der Waals surface area contributed by atoms with Crippen molar-refractivity contribution in [1.29, 1.82) is 0 Å². The van der Waals surface area contributed by atoms with Crippen LogP contribution in [0.3, 0.4) is 0 Å². The van der Waals surface area contributed by atoms with E-state index in [1.807, 2.05) is 6.92 Å². The minimum atomic E-state index is -1.21. The largest absolute Gasteiger partial charge is 0.481 e. The molecule has 7 N–H and O–H groups in total. The molecule has 0 aliphatic rings. The maximum Gasteiger partial charge on any atom is 0.326 e. The van der Waals surface area contributed by atoms with Crippen molar-refractivity contribution in [2.75, 3.05) is 0 Å². The molecule has 11 heteroatoms. The van der Waals surface area contributed by atoms with Gasteiger partial charge in [0, 0.05) is 12.8 Å². The van der Waals surface area contributed by atoms with Gasteiger partial charge in [0.15, 0.2) is 0 Å². The van der Waals surface area contributed by atoms with E-state index in [4.69, 9.17) is 10.8 Å². The molecule has 1 aromatic rings. The summed E-state index contributed by atoms with van der Waals surface area (Å²) < 4.78 is 0. The van der Waals surface area contributed by atoms with E-state index >= 15 is 0 Å². The molecule has 5 unspecified atom stereocenters. The maximum atomic E-state index is 12.9. The Morgan fingerprint density at radius 3 is 2.06 bits per heavy atom. The molecule has 3 amide bonds. The molecule has 0 aliphatic heterocycles. The minimum absolute atomic E-state index is 0.0732. The molecule has 34 heavy (non-hydrogen) atoms. The Bertz CT molecular complexity index is 862. The third-order valence-electron chi connectivity index (χ3n) is 5.45. The first-order valence-electron chi connectivity index (χ1n) is 11.1. The van der Waals surface area contributed by atoms with Crippen molar-refractivity contribution >= 4 is 29.7 Å². The fraction of sp³-hybridized carbons (Fsp3) is 0.522. The van der Waals surface area contributed by atoms with Gasteiger partial charge in [0.25, 0.3) is 0 Å². The Hall–Kier alpha value is -3.47. The molecule has 1 rings (SSSR count). The Kier molecular flexibility index (Phi) is 11.7. The van der Waals surface area contributed by atoms with Crippen LogP contribution in [0.15, 0.2) is 30.3 Å². The molecule has 0 aliphatic carbocycles. The quantitative estimate of drug-likeness (QED) is 0.216. The van der Waals surface area contributed by atoms with Crippen molar-refractivity contribution in [2.24, 2.45) is 11.7 Å². The molecule has 0 radical (unpaired) electrons. The number of rotatable bonds is 14. The predicted molar refractivity (Wildman–Crippen MR) is 124 cm³/mol. The number of hydrogen-bond donors (Lipinski definition) is 6. The highest BCUT2D eigenvalue weighted by Gasteiger charge is 2.31. The fourth-order valence-electron chi connectivity index (χ4n) is 3.09. The van der Waals surface area contributed by atoms with Crippen molar-refractivity contribution in [3.05, 3.63) is 35.9 Å². The minimum Gasteiger partial charge on any atom is -0.481 e. The topological polar surface area (TPSA) is 188 Å². The summed E-state index contributed by atoms with van der Waals surface area (Å²) >= 11 is 0. The van der Waals surface area contributed by atoms with Crippen molar-refractivity contribution in [1.82, 2.24) is 16.0 Å². The summed E-state index contributed by atoms with van der Waals surface area (Å²) in [4.78, 5) is 60.1. The monoisotopic (exact) mass is 478 g/mol. The molecule has 0 heterocycles. The highest BCUT2D eigenvalue weighted by atomic mass is 16.4. The lowest BCUT2D eigenvalue weighted by molar-refractivity contribution is -0.142. The van der Waals surface area contributed by atoms with Gasteiger partial charge < -0.3 is 31.9 Å². The van der Waals surface area contributed by atoms with Crippen LogP contribution in [0.2, 0.25) is 0 Å². The number of carbonyl (C=O) groups excluding carboxylic acids is 3. The second kappa shape index (κ2) is 13.9. The Labute approximate surface area is 198 Å². The van der Waals surface area contributed by atoms with E-state index in [2.05, 4.69) is 16.0 Å². The Morgan fingerprint density at radius 2 is 1.53 bits per heavy atom. The molecule has 0 saturated carbocycles. The maximum absolute atomic E-state index is 12.9. The standard InChI is InChI=1S/C23H34N4O7/c1-4-13(2)19(22(32)26-17(23(33)34)12-15-8-6-5-7-9-15)27-20(30)14(3)25-21(31)16(24)10-11-18(28)29/h5-9,13-14,16-17,19H,4,10-12,24H2,1-3H3,(H,25,31)(H,26,32)(H,27,30)(H,28,29)(H,33,34). The normalized spacial score (nSPS) is 15.2. The third-order valence-corrected chi connectivity index (χ3v) is 5.45. The summed E-state index contributed by atoms with van der Waals surface area (Å²) in [7, 11) is 0. The van der Waals surface area contributed by atoms with Gasteiger partial charge in [0.1, 0.15) is 18.1 Å². The zero-order valence-corrected chi connectivity index (χ0v) is 19.6. The average molecular weight is 479 g/mol. The summed E-state index contributed by atoms with van der Waals surface area (Å²) in [5.74, 6) is -4.62. The lowest BCUT2D eigenvalue weighted by Crippen LogP contribution is -2.58. The summed E-state index contributed by atoms with van der Waals surface area (Å²) in [6.07, 6.45) is 0.212. The SMILES string of the molecule is CCC(C)C(NC(=O)C(C)NC(=O)C(N)CCC(=O)O)C(=O)NC(Cc1ccccc1)C(=O)O. The van der Waals surface area contributed by atoms with Gasteiger partial charge in [-0.3, -0.25) is 19.2 Å². The highest BCUT2D eigenvalue weighted by Crippen LogP contribution is 2.10. The molecule has 0 spiro atoms. The number of benzene rings is 1. The highest BCUT2D eigenvalue weighted by molar-refractivity contribution is 5.94. The summed E-state index contributed by atoms with van der Waals surface area (Å²) in [5.41, 5.74) is 6.38. The molecule has 0 saturated heterocycles. The number of hydrogen-bond acceptors (Lipinski definition) is 6. The van der Waals surface area contributed by atoms with Gasteiger partial charge >= 0.3 is 11.9 Å². The van der Waals surface area contributed by atoms with Crippen LogP contribution in [-0.4, -0.2) is 64.0 Å². The lowest BCUT2D eigenvalue weighted by atomic mass is 9.97. The van der Waals surface area contributed by atoms with Crippen LogP contribution in [-0.2, 0) is 30.4 Å². The smallest absolute Gasteiger partial charge is 0.326 e. The fourth-order valence-corrected chi connectivity index (χ4v) is 3.09. The van der Waals surface area contributed by atoms with Crippen LogP contribution in [0.25, 0.3) is 0 Å². The van der Waals surface area contributed by atoms with Crippen molar-refractivity contribution in [3.8, 4) is 0 Å². The first-order valence-corrected chi connectivity index (χ1v) is 11.1. The van der Waals surface area contributed by atoms with Crippen LogP contribution in [0.5, 0.6) is 0 Å². The number of nitrogens with one attached hydrogen (secondary N) is 3. The van der Waals surface area contributed by atoms with Crippen LogP contribution in [0.4, 0.5) is 0 Å². The van der Waals surface area contributed by atoms with Gasteiger partial charge in [-0.1, -0.05) is 50.6 Å². The zero-order valence-electron chi connectivity index (χ0n) is 19.6. The van der Waals surface area contributed by atoms with Crippen LogP contribution >= 0.6 is 0 Å². The molecular formula is C23H34N4O7. The summed E-state index contributed by atoms with van der Waals surface area (Å²) in [6, 6.07) is 4.45. The molecule has 0 fully saturated rings. The predicted octanol–water partition coefficient (Wildman–Crippen LogP) is 0.0262. The second-order valence-corrected chi connectivity index (χ2v) is 8.23. The van der Waals surface area contributed by atoms with E-state index in [1.165, 1.54) is 6.92 Å². The van der Waals surface area contributed by atoms with Gasteiger partial charge in [-0.2, -0.15) is 0 Å². The number of carboxylic acid groups (broad SMARTS) is 2. The lowest BCUT2D eigenvalue weighted by Gasteiger charge is -2.27. The molecule has 188 valence electrons. The van der Waals surface area contributed by atoms with Gasteiger partial charge in [0.2, 0.25) is 17.7 Å². The Morgan fingerprint density at radius 1 is 0.912 bits per heavy atom. The molecule has 5 atom stereocenters. The van der Waals surface area contributed by atoms with Crippen LogP contribution in [0, 0.1) is 5.92 Å². The summed E-state index contributed by atoms with van der Waals surface area (Å²) in [5, 5.41) is 25.7. The molecule has 0 bridgehead atoms. The van der Waals surface area contributed by atoms with E-state index in [9.17, 15) is 29.1 Å². The van der Waals surface area contributed by atoms with Crippen molar-refractivity contribution in [2.45, 2.75) is 70.6 Å². The Balaban J connectivity index is 2.82. The van der Waals surface area contributed by atoms with E-state index in [1.54, 1.807) is 37.3 Å². The van der Waals surface area contributed by atoms with Crippen molar-refractivity contribution in [3.63, 3.8) is 0 Å². The van der Waals surface area contributed by atoms with Gasteiger partial charge in [0.05, 0.1) is 6.04 Å². The number of carbonyl (C=O) groups is 5. The van der Waals surface area contributed by atoms with E-state index in [-0.39, 0.29) is 25.2 Å². The number of aliphatic carboxylic acids is 2. The second-order valence-electron chi connectivity index (χ2n) is 8.23.